The molecule has 2 N–H and O–H groups in total. The Morgan fingerprint density at radius 2 is 2.40 bits per heavy atom. The topological polar surface area (TPSA) is 75.4 Å². The molecule has 2 aromatic heterocycles. The van der Waals surface area contributed by atoms with E-state index in [0.29, 0.717) is 10.6 Å². The van der Waals surface area contributed by atoms with Crippen molar-refractivity contribution in [3.8, 4) is 0 Å². The van der Waals surface area contributed by atoms with Crippen molar-refractivity contribution in [2.24, 2.45) is 0 Å². The summed E-state index contributed by atoms with van der Waals surface area (Å²) >= 11 is 1.39. The van der Waals surface area contributed by atoms with E-state index in [1.165, 1.54) is 17.6 Å². The lowest BCUT2D eigenvalue weighted by Crippen LogP contribution is -2.38. The summed E-state index contributed by atoms with van der Waals surface area (Å²) in [6.07, 6.45) is 4.95. The number of amides is 1. The molecule has 0 aliphatic heterocycles. The molecule has 0 aromatic carbocycles. The number of hydrogen-bond acceptors (Lipinski definition) is 5. The van der Waals surface area contributed by atoms with Gasteiger partial charge in [-0.2, -0.15) is 0 Å². The van der Waals surface area contributed by atoms with Crippen molar-refractivity contribution in [2.45, 2.75) is 32.3 Å². The Hall–Kier alpha value is -1.66. The van der Waals surface area contributed by atoms with Crippen molar-refractivity contribution in [2.75, 3.05) is 6.54 Å². The number of aryl methyl sites for hydroxylation is 1. The van der Waals surface area contributed by atoms with Crippen LogP contribution in [0.2, 0.25) is 0 Å². The minimum atomic E-state index is -1.23. The Morgan fingerprint density at radius 1 is 1.60 bits per heavy atom. The number of aliphatic hydroxyl groups is 1. The number of thiazole rings is 1. The number of rotatable bonds is 6. The van der Waals surface area contributed by atoms with Gasteiger partial charge in [0.1, 0.15) is 16.2 Å². The zero-order valence-corrected chi connectivity index (χ0v) is 12.4. The lowest BCUT2D eigenvalue weighted by Gasteiger charge is -2.20. The summed E-state index contributed by atoms with van der Waals surface area (Å²) < 4.78 is 5.16. The standard InChI is InChI=1S/C14H18N2O3S/c1-3-5-12-15-8-10(20-12)13(17)16-9-14(2,18)11-6-4-7-19-11/h4,6-8,18H,3,5,9H2,1-2H3,(H,16,17). The highest BCUT2D eigenvalue weighted by atomic mass is 32.1. The van der Waals surface area contributed by atoms with Crippen molar-refractivity contribution in [1.82, 2.24) is 10.3 Å². The Labute approximate surface area is 121 Å². The Morgan fingerprint density at radius 3 is 3.05 bits per heavy atom. The lowest BCUT2D eigenvalue weighted by atomic mass is 10.0. The predicted octanol–water partition coefficient (Wildman–Crippen LogP) is 2.33. The summed E-state index contributed by atoms with van der Waals surface area (Å²) in [7, 11) is 0. The average Bonchev–Trinajstić information content (AvgIpc) is 3.07. The molecule has 2 aromatic rings. The fourth-order valence-corrected chi connectivity index (χ4v) is 2.69. The SMILES string of the molecule is CCCc1ncc(C(=O)NCC(C)(O)c2ccco2)s1. The maximum atomic E-state index is 12.0. The van der Waals surface area contributed by atoms with Gasteiger partial charge in [0.05, 0.1) is 24.0 Å². The molecule has 1 unspecified atom stereocenters. The van der Waals surface area contributed by atoms with Gasteiger partial charge in [-0.05, 0) is 31.9 Å². The van der Waals surface area contributed by atoms with Crippen LogP contribution in [0.3, 0.4) is 0 Å². The first kappa shape index (κ1) is 14.7. The van der Waals surface area contributed by atoms with Gasteiger partial charge in [-0.1, -0.05) is 6.92 Å². The van der Waals surface area contributed by atoms with E-state index < -0.39 is 5.60 Å². The molecule has 0 aliphatic rings. The van der Waals surface area contributed by atoms with E-state index in [4.69, 9.17) is 4.42 Å². The molecule has 5 nitrogen and oxygen atoms in total. The smallest absolute Gasteiger partial charge is 0.263 e. The quantitative estimate of drug-likeness (QED) is 0.857. The predicted molar refractivity (Wildman–Crippen MR) is 76.7 cm³/mol. The molecule has 0 bridgehead atoms. The minimum absolute atomic E-state index is 0.0837. The monoisotopic (exact) mass is 294 g/mol. The number of aromatic nitrogens is 1. The second-order valence-electron chi connectivity index (χ2n) is 4.80. The molecule has 2 heterocycles. The summed E-state index contributed by atoms with van der Waals surface area (Å²) in [4.78, 5) is 16.8. The fraction of sp³-hybridized carbons (Fsp3) is 0.429. The summed E-state index contributed by atoms with van der Waals surface area (Å²) in [6, 6.07) is 3.38. The molecule has 0 saturated heterocycles. The normalized spacial score (nSPS) is 13.9. The van der Waals surface area contributed by atoms with Crippen molar-refractivity contribution < 1.29 is 14.3 Å². The van der Waals surface area contributed by atoms with Crippen molar-refractivity contribution in [1.29, 1.82) is 0 Å². The van der Waals surface area contributed by atoms with Crippen LogP contribution in [0.4, 0.5) is 0 Å². The van der Waals surface area contributed by atoms with Crippen LogP contribution in [0.15, 0.2) is 29.0 Å². The van der Waals surface area contributed by atoms with E-state index in [1.807, 2.05) is 0 Å². The van der Waals surface area contributed by atoms with Gasteiger partial charge in [0.25, 0.3) is 5.91 Å². The second-order valence-corrected chi connectivity index (χ2v) is 5.92. The van der Waals surface area contributed by atoms with Crippen LogP contribution in [0, 0.1) is 0 Å². The molecule has 0 saturated carbocycles. The first-order chi connectivity index (χ1) is 9.53. The van der Waals surface area contributed by atoms with Gasteiger partial charge in [0.15, 0.2) is 0 Å². The van der Waals surface area contributed by atoms with Gasteiger partial charge >= 0.3 is 0 Å². The number of nitrogens with zero attached hydrogens (tertiary/aromatic N) is 1. The van der Waals surface area contributed by atoms with Crippen LogP contribution in [0.1, 0.15) is 40.7 Å². The van der Waals surface area contributed by atoms with E-state index in [1.54, 1.807) is 25.3 Å². The van der Waals surface area contributed by atoms with Gasteiger partial charge < -0.3 is 14.8 Å². The summed E-state index contributed by atoms with van der Waals surface area (Å²) in [6.45, 7) is 3.75. The van der Waals surface area contributed by atoms with Crippen molar-refractivity contribution in [3.05, 3.63) is 40.2 Å². The summed E-state index contributed by atoms with van der Waals surface area (Å²) in [5, 5.41) is 13.9. The van der Waals surface area contributed by atoms with Gasteiger partial charge in [-0.25, -0.2) is 4.98 Å². The first-order valence-corrected chi connectivity index (χ1v) is 7.34. The van der Waals surface area contributed by atoms with E-state index in [2.05, 4.69) is 17.2 Å². The molecule has 0 fully saturated rings. The highest BCUT2D eigenvalue weighted by Gasteiger charge is 2.27. The van der Waals surface area contributed by atoms with Gasteiger partial charge in [0, 0.05) is 0 Å². The molecular weight excluding hydrogens is 276 g/mol. The Bertz CT molecular complexity index is 561. The summed E-state index contributed by atoms with van der Waals surface area (Å²) in [5.41, 5.74) is -1.23. The molecule has 0 spiro atoms. The number of nitrogens with one attached hydrogen (secondary N) is 1. The van der Waals surface area contributed by atoms with Crippen LogP contribution in [-0.4, -0.2) is 22.5 Å². The van der Waals surface area contributed by atoms with E-state index in [9.17, 15) is 9.90 Å². The number of hydrogen-bond donors (Lipinski definition) is 2. The molecule has 2 rings (SSSR count). The molecule has 20 heavy (non-hydrogen) atoms. The van der Waals surface area contributed by atoms with Crippen LogP contribution >= 0.6 is 11.3 Å². The lowest BCUT2D eigenvalue weighted by molar-refractivity contribution is 0.0331. The minimum Gasteiger partial charge on any atom is -0.466 e. The van der Waals surface area contributed by atoms with Gasteiger partial charge in [-0.15, -0.1) is 11.3 Å². The van der Waals surface area contributed by atoms with Crippen LogP contribution in [0.5, 0.6) is 0 Å². The van der Waals surface area contributed by atoms with Crippen LogP contribution < -0.4 is 5.32 Å². The summed E-state index contributed by atoms with van der Waals surface area (Å²) in [5.74, 6) is 0.200. The largest absolute Gasteiger partial charge is 0.466 e. The Kier molecular flexibility index (Phi) is 4.57. The third-order valence-corrected chi connectivity index (χ3v) is 3.94. The molecule has 1 amide bonds. The zero-order valence-electron chi connectivity index (χ0n) is 11.5. The third-order valence-electron chi connectivity index (χ3n) is 2.89. The highest BCUT2D eigenvalue weighted by Crippen LogP contribution is 2.20. The van der Waals surface area contributed by atoms with Gasteiger partial charge in [-0.3, -0.25) is 4.79 Å². The number of furan rings is 1. The molecule has 0 aliphatic carbocycles. The maximum absolute atomic E-state index is 12.0. The third kappa shape index (κ3) is 3.46. The highest BCUT2D eigenvalue weighted by molar-refractivity contribution is 7.13. The molecule has 0 radical (unpaired) electrons. The average molecular weight is 294 g/mol. The van der Waals surface area contributed by atoms with Crippen LogP contribution in [0.25, 0.3) is 0 Å². The van der Waals surface area contributed by atoms with E-state index in [0.717, 1.165) is 17.8 Å². The second kappa shape index (κ2) is 6.19. The molecule has 1 atom stereocenters. The van der Waals surface area contributed by atoms with E-state index in [-0.39, 0.29) is 12.5 Å². The van der Waals surface area contributed by atoms with Crippen LogP contribution in [-0.2, 0) is 12.0 Å². The van der Waals surface area contributed by atoms with Crippen molar-refractivity contribution in [3.63, 3.8) is 0 Å². The number of carbonyl (C=O) groups is 1. The number of carbonyl (C=O) groups excluding carboxylic acids is 1. The van der Waals surface area contributed by atoms with Gasteiger partial charge in [0.2, 0.25) is 0 Å². The zero-order chi connectivity index (χ0) is 14.6. The Balaban J connectivity index is 1.94. The van der Waals surface area contributed by atoms with E-state index >= 15 is 0 Å². The molecule has 6 heteroatoms. The first-order valence-electron chi connectivity index (χ1n) is 6.52. The molecular formula is C14H18N2O3S. The molecule has 108 valence electrons. The van der Waals surface area contributed by atoms with Crippen molar-refractivity contribution >= 4 is 17.2 Å². The maximum Gasteiger partial charge on any atom is 0.263 e. The fourth-order valence-electron chi connectivity index (χ4n) is 1.76.